The molecule has 0 unspecified atom stereocenters. The first-order valence-electron chi connectivity index (χ1n) is 25.5. The molecule has 0 N–H and O–H groups in total. The van der Waals surface area contributed by atoms with Gasteiger partial charge in [0, 0.05) is 44.2 Å². The zero-order valence-corrected chi connectivity index (χ0v) is 28.7. The predicted octanol–water partition coefficient (Wildman–Crippen LogP) is 14.6. The van der Waals surface area contributed by atoms with Crippen LogP contribution in [0.15, 0.2) is 210 Å². The lowest BCUT2D eigenvalue weighted by Gasteiger charge is -2.28. The Kier molecular flexibility index (Phi) is 4.39. The molecule has 0 radical (unpaired) electrons. The topological polar surface area (TPSA) is 21.3 Å². The summed E-state index contributed by atoms with van der Waals surface area (Å²) in [5.41, 5.74) is 1.79. The minimum Gasteiger partial charge on any atom is -0.455 e. The highest BCUT2D eigenvalue weighted by molar-refractivity contribution is 6.14. The second kappa shape index (κ2) is 12.6. The fraction of sp³-hybridized carbons (Fsp3) is 0. The van der Waals surface area contributed by atoms with Gasteiger partial charge in [0.2, 0.25) is 0 Å². The minimum atomic E-state index is -0.848. The van der Waals surface area contributed by atoms with Gasteiger partial charge in [-0.2, -0.15) is 0 Å². The second-order valence-corrected chi connectivity index (χ2v) is 12.9. The Labute approximate surface area is 341 Å². The molecule has 2 heterocycles. The molecule has 9 aromatic carbocycles. The van der Waals surface area contributed by atoms with E-state index in [-0.39, 0.29) is 11.3 Å². The van der Waals surface area contributed by atoms with Crippen LogP contribution in [0.25, 0.3) is 82.5 Å². The molecule has 0 saturated heterocycles. The molecule has 3 nitrogen and oxygen atoms in total. The first-order chi connectivity index (χ1) is 34.0. The zero-order chi connectivity index (χ0) is 50.2. The van der Waals surface area contributed by atoms with E-state index in [1.54, 1.807) is 30.3 Å². The lowest BCUT2D eigenvalue weighted by atomic mass is 9.97. The van der Waals surface area contributed by atoms with Gasteiger partial charge in [-0.1, -0.05) is 133 Å². The lowest BCUT2D eigenvalue weighted by Crippen LogP contribution is -2.11. The molecule has 0 amide bonds. The Morgan fingerprint density at radius 1 is 0.473 bits per heavy atom. The Hall–Kier alpha value is -7.36. The molecule has 0 aliphatic carbocycles. The lowest BCUT2D eigenvalue weighted by molar-refractivity contribution is 0.670. The summed E-state index contributed by atoms with van der Waals surface area (Å²) < 4.78 is 153. The van der Waals surface area contributed by atoms with Gasteiger partial charge in [0.1, 0.15) is 11.2 Å². The number of fused-ring (bicyclic) bond motifs is 7. The second-order valence-electron chi connectivity index (χ2n) is 12.9. The van der Waals surface area contributed by atoms with Gasteiger partial charge in [0.15, 0.2) is 0 Å². The van der Waals surface area contributed by atoms with E-state index >= 15 is 0 Å². The summed E-state index contributed by atoms with van der Waals surface area (Å²) in [4.78, 5) is 1.09. The summed E-state index contributed by atoms with van der Waals surface area (Å²) >= 11 is 0. The maximum Gasteiger partial charge on any atom is 0.145 e. The molecule has 55 heavy (non-hydrogen) atoms. The number of hydrogen-bond donors (Lipinski definition) is 0. The SMILES string of the molecule is [2H]c1c([2H])c([2H])c(N(c2ccc3c(oc4ccccc43)c2-c2cccc(-n3c4ccccc4c4ccccc43)c2)c2c([2H])c([2H])c(-c3c([2H])c([2H])c4c([2H])c([2H])c([2H])c([2H])c4c3[2H])c([2H])c2[2H])c([2H])c1[2H]. The van der Waals surface area contributed by atoms with E-state index in [1.807, 2.05) is 78.9 Å². The molecule has 0 saturated carbocycles. The number of benzene rings is 9. The largest absolute Gasteiger partial charge is 0.455 e. The van der Waals surface area contributed by atoms with Crippen molar-refractivity contribution in [2.75, 3.05) is 4.90 Å². The van der Waals surface area contributed by atoms with Gasteiger partial charge >= 0.3 is 0 Å². The van der Waals surface area contributed by atoms with Crippen LogP contribution in [0.3, 0.4) is 0 Å². The van der Waals surface area contributed by atoms with Crippen LogP contribution in [0, 0.1) is 0 Å². The molecule has 2 aromatic heterocycles. The third-order valence-electron chi connectivity index (χ3n) is 9.78. The van der Waals surface area contributed by atoms with Crippen molar-refractivity contribution in [3.05, 3.63) is 206 Å². The molecule has 11 rings (SSSR count). The van der Waals surface area contributed by atoms with Crippen molar-refractivity contribution in [3.8, 4) is 27.9 Å². The van der Waals surface area contributed by atoms with Crippen LogP contribution < -0.4 is 4.90 Å². The maximum atomic E-state index is 9.74. The third kappa shape index (κ3) is 5.13. The summed E-state index contributed by atoms with van der Waals surface area (Å²) in [7, 11) is 0. The van der Waals surface area contributed by atoms with Crippen molar-refractivity contribution in [1.82, 2.24) is 4.57 Å². The minimum absolute atomic E-state index is 0.0283. The molecule has 3 heteroatoms. The first-order valence-corrected chi connectivity index (χ1v) is 17.5. The Morgan fingerprint density at radius 3 is 1.91 bits per heavy atom. The number of para-hydroxylation sites is 4. The number of rotatable bonds is 6. The Bertz CT molecular complexity index is 4050. The van der Waals surface area contributed by atoms with Gasteiger partial charge in [-0.3, -0.25) is 0 Å². The van der Waals surface area contributed by atoms with Gasteiger partial charge in [-0.15, -0.1) is 0 Å². The summed E-state index contributed by atoms with van der Waals surface area (Å²) in [6, 6.07) is 21.9. The molecular weight excluding hydrogens is 669 g/mol. The highest BCUT2D eigenvalue weighted by atomic mass is 16.3. The number of aromatic nitrogens is 1. The average Bonchev–Trinajstić information content (AvgIpc) is 3.93. The molecule has 11 aromatic rings. The van der Waals surface area contributed by atoms with Crippen LogP contribution in [0.4, 0.5) is 17.1 Å². The molecule has 0 aliphatic rings. The standard InChI is InChI=1S/C52H34N2O/c1-2-16-40(17-3-1)53(41-29-27-36(28-30-41)38-26-25-35-13-4-5-14-37(35)33-38)49-32-31-46-45-21-8-11-24-50(45)55-52(46)51(49)39-15-12-18-42(34-39)54-47-22-9-6-19-43(47)44-20-7-10-23-48(44)54/h1-34H/i1D,2D,3D,4D,5D,13D,14D,16D,17D,25D,26D,27D,28D,29D,30D,33D. The molecule has 0 aliphatic heterocycles. The van der Waals surface area contributed by atoms with Crippen molar-refractivity contribution in [2.45, 2.75) is 0 Å². The van der Waals surface area contributed by atoms with Crippen LogP contribution in [0.2, 0.25) is 0 Å². The van der Waals surface area contributed by atoms with Crippen molar-refractivity contribution in [1.29, 1.82) is 0 Å². The molecule has 0 fully saturated rings. The summed E-state index contributed by atoms with van der Waals surface area (Å²) in [5, 5.41) is 2.49. The van der Waals surface area contributed by atoms with E-state index in [1.165, 1.54) is 0 Å². The van der Waals surface area contributed by atoms with E-state index < -0.39 is 130 Å². The number of anilines is 3. The van der Waals surface area contributed by atoms with Crippen LogP contribution in [-0.2, 0) is 0 Å². The predicted molar refractivity (Wildman–Crippen MR) is 231 cm³/mol. The van der Waals surface area contributed by atoms with Gasteiger partial charge in [-0.25, -0.2) is 0 Å². The molecular formula is C52H34N2O. The fourth-order valence-electron chi connectivity index (χ4n) is 7.40. The van der Waals surface area contributed by atoms with Gasteiger partial charge in [0.05, 0.1) is 38.7 Å². The summed E-state index contributed by atoms with van der Waals surface area (Å²) in [6.45, 7) is 0. The van der Waals surface area contributed by atoms with Crippen LogP contribution in [-0.4, -0.2) is 4.57 Å². The van der Waals surface area contributed by atoms with Gasteiger partial charge in [0.25, 0.3) is 0 Å². The molecule has 0 atom stereocenters. The quantitative estimate of drug-likeness (QED) is 0.171. The summed E-state index contributed by atoms with van der Waals surface area (Å²) in [5.74, 6) is 0. The molecule has 0 bridgehead atoms. The normalized spacial score (nSPS) is 15.7. The maximum absolute atomic E-state index is 9.74. The van der Waals surface area contributed by atoms with E-state index in [9.17, 15) is 9.60 Å². The van der Waals surface area contributed by atoms with Gasteiger partial charge < -0.3 is 13.9 Å². The van der Waals surface area contributed by atoms with Crippen molar-refractivity contribution in [3.63, 3.8) is 0 Å². The third-order valence-corrected chi connectivity index (χ3v) is 9.78. The monoisotopic (exact) mass is 718 g/mol. The highest BCUT2D eigenvalue weighted by Gasteiger charge is 2.23. The van der Waals surface area contributed by atoms with E-state index in [0.717, 1.165) is 32.1 Å². The first kappa shape index (κ1) is 19.1. The zero-order valence-electron chi connectivity index (χ0n) is 44.7. The Balaban J connectivity index is 1.26. The average molecular weight is 719 g/mol. The molecule has 0 spiro atoms. The molecule has 258 valence electrons. The highest BCUT2D eigenvalue weighted by Crippen LogP contribution is 2.47. The van der Waals surface area contributed by atoms with E-state index in [2.05, 4.69) is 4.57 Å². The number of nitrogens with zero attached hydrogens (tertiary/aromatic N) is 2. The van der Waals surface area contributed by atoms with Crippen molar-refractivity contribution < 1.29 is 26.3 Å². The van der Waals surface area contributed by atoms with Crippen LogP contribution in [0.5, 0.6) is 0 Å². The van der Waals surface area contributed by atoms with E-state index in [4.69, 9.17) is 16.8 Å². The fourth-order valence-corrected chi connectivity index (χ4v) is 7.40. The van der Waals surface area contributed by atoms with Crippen molar-refractivity contribution in [2.24, 2.45) is 0 Å². The summed E-state index contributed by atoms with van der Waals surface area (Å²) in [6.07, 6.45) is 0. The number of furan rings is 1. The smallest absolute Gasteiger partial charge is 0.145 e. The van der Waals surface area contributed by atoms with Gasteiger partial charge in [-0.05, 0) is 100 Å². The van der Waals surface area contributed by atoms with Crippen LogP contribution in [0.1, 0.15) is 21.9 Å². The van der Waals surface area contributed by atoms with Crippen molar-refractivity contribution >= 4 is 71.6 Å². The van der Waals surface area contributed by atoms with Crippen LogP contribution >= 0.6 is 0 Å². The Morgan fingerprint density at radius 2 is 1.13 bits per heavy atom. The number of hydrogen-bond acceptors (Lipinski definition) is 2. The van der Waals surface area contributed by atoms with E-state index in [0.29, 0.717) is 27.8 Å².